The van der Waals surface area contributed by atoms with Crippen molar-refractivity contribution >= 4 is 33.0 Å². The zero-order chi connectivity index (χ0) is 41.7. The minimum absolute atomic E-state index is 0. The molecule has 4 aromatic heterocycles. The second-order valence-corrected chi connectivity index (χ2v) is 14.8. The Hall–Kier alpha value is -4.90. The Morgan fingerprint density at radius 1 is 0.774 bits per heavy atom. The van der Waals surface area contributed by atoms with E-state index < -0.39 is 13.7 Å². The number of fused-ring (bicyclic) bond motifs is 4. The van der Waals surface area contributed by atoms with E-state index in [-0.39, 0.29) is 36.6 Å². The van der Waals surface area contributed by atoms with Gasteiger partial charge in [-0.05, 0) is 53.2 Å². The van der Waals surface area contributed by atoms with Crippen LogP contribution in [0, 0.1) is 25.8 Å². The van der Waals surface area contributed by atoms with Crippen molar-refractivity contribution in [3.05, 3.63) is 143 Å². The first-order valence-corrected chi connectivity index (χ1v) is 17.7. The van der Waals surface area contributed by atoms with Crippen LogP contribution in [0.1, 0.15) is 96.5 Å². The molecule has 0 atom stereocenters. The third-order valence-corrected chi connectivity index (χ3v) is 9.26. The van der Waals surface area contributed by atoms with Gasteiger partial charge in [0.25, 0.3) is 0 Å². The maximum Gasteiger partial charge on any atom is 0.120 e. The van der Waals surface area contributed by atoms with Crippen molar-refractivity contribution in [2.24, 2.45) is 0 Å². The Morgan fingerprint density at radius 3 is 2.15 bits per heavy atom. The average molecular weight is 881 g/mol. The number of para-hydroxylation sites is 2. The van der Waals surface area contributed by atoms with Crippen molar-refractivity contribution in [1.82, 2.24) is 19.5 Å². The van der Waals surface area contributed by atoms with Gasteiger partial charge in [-0.3, -0.25) is 9.97 Å². The number of hydrogen-bond acceptors (Lipinski definition) is 4. The van der Waals surface area contributed by atoms with Crippen molar-refractivity contribution in [2.75, 3.05) is 0 Å². The van der Waals surface area contributed by atoms with Crippen LogP contribution in [-0.2, 0) is 25.5 Å². The van der Waals surface area contributed by atoms with E-state index in [0.29, 0.717) is 23.1 Å². The van der Waals surface area contributed by atoms with Crippen LogP contribution in [0.4, 0.5) is 0 Å². The molecule has 6 heteroatoms. The third kappa shape index (κ3) is 7.36. The molecule has 0 fully saturated rings. The molecule has 0 aliphatic rings. The van der Waals surface area contributed by atoms with E-state index >= 15 is 0 Å². The summed E-state index contributed by atoms with van der Waals surface area (Å²) in [6, 6.07) is 34.9. The molecule has 8 aromatic rings. The molecule has 0 aliphatic carbocycles. The first-order valence-electron chi connectivity index (χ1n) is 20.7. The fraction of sp³-hybridized carbons (Fsp3) is 0.255. The summed E-state index contributed by atoms with van der Waals surface area (Å²) in [5.41, 5.74) is 10.7. The van der Waals surface area contributed by atoms with Gasteiger partial charge in [0.15, 0.2) is 0 Å². The van der Waals surface area contributed by atoms with Crippen LogP contribution < -0.4 is 0 Å². The van der Waals surface area contributed by atoms with E-state index in [2.05, 4.69) is 107 Å². The first kappa shape index (κ1) is 30.5. The Bertz CT molecular complexity index is 2660. The minimum atomic E-state index is -2.18. The Balaban J connectivity index is 0.000000236. The smallest absolute Gasteiger partial charge is 0.120 e. The number of imidazole rings is 1. The fourth-order valence-corrected chi connectivity index (χ4v) is 6.72. The van der Waals surface area contributed by atoms with Crippen molar-refractivity contribution in [3.63, 3.8) is 0 Å². The van der Waals surface area contributed by atoms with E-state index in [9.17, 15) is 0 Å². The zero-order valence-corrected chi connectivity index (χ0v) is 33.4. The van der Waals surface area contributed by atoms with Gasteiger partial charge in [-0.1, -0.05) is 115 Å². The molecule has 1 radical (unpaired) electrons. The monoisotopic (exact) mass is 881 g/mol. The first-order chi connectivity index (χ1) is 27.3. The number of nitrogens with zero attached hydrogens (tertiary/aromatic N) is 4. The van der Waals surface area contributed by atoms with E-state index in [1.807, 2.05) is 30.5 Å². The van der Waals surface area contributed by atoms with Crippen LogP contribution in [-0.4, -0.2) is 19.5 Å². The summed E-state index contributed by atoms with van der Waals surface area (Å²) in [7, 11) is 0. The minimum Gasteiger partial charge on any atom is -0.501 e. The van der Waals surface area contributed by atoms with Gasteiger partial charge in [-0.25, -0.2) is 0 Å². The van der Waals surface area contributed by atoms with E-state index in [1.54, 1.807) is 12.1 Å². The molecular weight excluding hydrogens is 829 g/mol. The van der Waals surface area contributed by atoms with Crippen LogP contribution in [0.2, 0.25) is 0 Å². The van der Waals surface area contributed by atoms with Gasteiger partial charge < -0.3 is 14.0 Å². The van der Waals surface area contributed by atoms with E-state index in [1.165, 1.54) is 41.2 Å². The van der Waals surface area contributed by atoms with Crippen LogP contribution >= 0.6 is 0 Å². The second kappa shape index (κ2) is 15.2. The summed E-state index contributed by atoms with van der Waals surface area (Å²) in [5.74, 6) is 1.49. The standard InChI is InChI=1S/C34H34N3O.C13H12N.Ir/c1-20(2)22-13-10-14-23(21(3)4)29(22)37-30-27(18-19-35-32(30)34(5,6)7)36-33(37)26-16-11-15-25-24-12-8-9-17-28(24)38-31(25)26;1-10-3-6-12(7-4-10)13-8-5-11(2)9-14-13;/h8-15,17-21H,1-7H3;3-6,8-9H,1-2H3;/q2*-1;/i;1D3,2D3;. The SMILES string of the molecule is CC(C)c1cccc(C(C)C)c1-n1c(-c2[c-]ccc3c2oc2ccccc23)nc2ccnc(C(C)(C)C)c21.[2H]C([2H])([2H])c1c[c-]c(-c2ccc(C([2H])([2H])[2H])cn2)cc1.[Ir]. The summed E-state index contributed by atoms with van der Waals surface area (Å²) < 4.78 is 52.5. The number of benzene rings is 4. The Kier molecular flexibility index (Phi) is 8.77. The van der Waals surface area contributed by atoms with Crippen molar-refractivity contribution in [3.8, 4) is 28.3 Å². The number of aromatic nitrogens is 4. The largest absolute Gasteiger partial charge is 0.501 e. The fourth-order valence-electron chi connectivity index (χ4n) is 6.72. The molecular formula is C47H46IrN4O-2. The van der Waals surface area contributed by atoms with Gasteiger partial charge in [-0.2, -0.15) is 0 Å². The molecule has 0 saturated heterocycles. The van der Waals surface area contributed by atoms with Gasteiger partial charge in [0.05, 0.1) is 28.1 Å². The molecule has 0 amide bonds. The molecule has 271 valence electrons. The van der Waals surface area contributed by atoms with Gasteiger partial charge in [0.1, 0.15) is 5.58 Å². The van der Waals surface area contributed by atoms with Crippen molar-refractivity contribution in [1.29, 1.82) is 0 Å². The normalized spacial score (nSPS) is 13.8. The predicted octanol–water partition coefficient (Wildman–Crippen LogP) is 12.5. The predicted molar refractivity (Wildman–Crippen MR) is 215 cm³/mol. The maximum atomic E-state index is 7.28. The molecule has 0 spiro atoms. The Morgan fingerprint density at radius 2 is 1.51 bits per heavy atom. The molecule has 0 bridgehead atoms. The number of hydrogen-bond donors (Lipinski definition) is 0. The summed E-state index contributed by atoms with van der Waals surface area (Å²) in [6.45, 7) is 11.4. The molecule has 4 heterocycles. The van der Waals surface area contributed by atoms with Crippen molar-refractivity contribution in [2.45, 2.75) is 79.4 Å². The topological polar surface area (TPSA) is 56.7 Å². The molecule has 0 N–H and O–H groups in total. The van der Waals surface area contributed by atoms with Crippen LogP contribution in [0.5, 0.6) is 0 Å². The molecule has 53 heavy (non-hydrogen) atoms. The zero-order valence-electron chi connectivity index (χ0n) is 37.0. The van der Waals surface area contributed by atoms with Crippen LogP contribution in [0.25, 0.3) is 61.3 Å². The summed E-state index contributed by atoms with van der Waals surface area (Å²) in [4.78, 5) is 14.3. The van der Waals surface area contributed by atoms with E-state index in [0.717, 1.165) is 50.1 Å². The quantitative estimate of drug-likeness (QED) is 0.162. The number of rotatable bonds is 5. The molecule has 0 unspecified atom stereocenters. The average Bonchev–Trinajstić information content (AvgIpc) is 3.76. The van der Waals surface area contributed by atoms with E-state index in [4.69, 9.17) is 22.6 Å². The molecule has 4 aromatic carbocycles. The van der Waals surface area contributed by atoms with Crippen molar-refractivity contribution < 1.29 is 32.7 Å². The molecule has 0 aliphatic heterocycles. The summed E-state index contributed by atoms with van der Waals surface area (Å²) in [5, 5.41) is 2.17. The third-order valence-electron chi connectivity index (χ3n) is 9.26. The van der Waals surface area contributed by atoms with Gasteiger partial charge >= 0.3 is 0 Å². The van der Waals surface area contributed by atoms with Gasteiger partial charge in [0.2, 0.25) is 0 Å². The second-order valence-electron chi connectivity index (χ2n) is 14.8. The summed E-state index contributed by atoms with van der Waals surface area (Å²) in [6.07, 6.45) is 3.18. The molecule has 0 saturated carbocycles. The van der Waals surface area contributed by atoms with Crippen LogP contribution in [0.3, 0.4) is 0 Å². The molecule has 5 nitrogen and oxygen atoms in total. The number of pyridine rings is 2. The van der Waals surface area contributed by atoms with Crippen LogP contribution in [0.15, 0.2) is 108 Å². The number of aryl methyl sites for hydroxylation is 2. The maximum absolute atomic E-state index is 7.28. The summed E-state index contributed by atoms with van der Waals surface area (Å²) >= 11 is 0. The number of furan rings is 1. The van der Waals surface area contributed by atoms with Gasteiger partial charge in [0, 0.05) is 57.2 Å². The Labute approximate surface area is 335 Å². The molecule has 8 rings (SSSR count). The van der Waals surface area contributed by atoms with Gasteiger partial charge in [-0.15, -0.1) is 53.6 Å².